The van der Waals surface area contributed by atoms with Gasteiger partial charge in [-0.2, -0.15) is 0 Å². The third kappa shape index (κ3) is 18.1. The van der Waals surface area contributed by atoms with Gasteiger partial charge in [0.2, 0.25) is 0 Å². The molecule has 0 radical (unpaired) electrons. The van der Waals surface area contributed by atoms with E-state index in [9.17, 15) is 19.7 Å². The maximum atomic E-state index is 12.8. The monoisotopic (exact) mass is 506 g/mol. The first kappa shape index (κ1) is 33.8. The second-order valence-corrected chi connectivity index (χ2v) is 13.0. The number of unbranched alkanes of at least 4 members (excludes halogenated alkanes) is 12. The van der Waals surface area contributed by atoms with Crippen LogP contribution in [-0.2, 0) is 9.09 Å². The number of rotatable bonds is 23. The van der Waals surface area contributed by atoms with Crippen molar-refractivity contribution in [2.45, 2.75) is 128 Å². The van der Waals surface area contributed by atoms with E-state index < -0.39 is 25.6 Å². The zero-order chi connectivity index (χ0) is 25.9. The Balaban J connectivity index is 4.00. The highest BCUT2D eigenvalue weighted by molar-refractivity contribution is 7.53. The van der Waals surface area contributed by atoms with E-state index in [0.717, 1.165) is 25.7 Å². The molecule has 7 heteroatoms. The molecule has 3 atom stereocenters. The van der Waals surface area contributed by atoms with Crippen molar-refractivity contribution in [2.24, 2.45) is 0 Å². The fourth-order valence-electron chi connectivity index (χ4n) is 4.15. The molecule has 0 fully saturated rings. The molecule has 0 aliphatic heterocycles. The van der Waals surface area contributed by atoms with Gasteiger partial charge in [-0.1, -0.05) is 83.8 Å². The Morgan fingerprint density at radius 1 is 0.853 bits per heavy atom. The van der Waals surface area contributed by atoms with Crippen LogP contribution in [0.2, 0.25) is 0 Å². The van der Waals surface area contributed by atoms with Crippen LogP contribution in [0.25, 0.3) is 0 Å². The van der Waals surface area contributed by atoms with Crippen molar-refractivity contribution < 1.29 is 28.7 Å². The standard InChI is InChI=1S/C27H56NO5P/c1-6-8-9-10-11-12-13-14-15-16-17-18-19-20-21-22-23-27(30,7-2)33-34(31,32)26(25-29)24-28(3,4)5/h14-15,26,29-30H,6-13,16-25H2,1-5H3/p+1/b15-14-. The molecule has 0 bridgehead atoms. The Morgan fingerprint density at radius 3 is 1.76 bits per heavy atom. The Kier molecular flexibility index (Phi) is 18.8. The number of allylic oxidation sites excluding steroid dienone is 2. The van der Waals surface area contributed by atoms with Crippen LogP contribution in [0.3, 0.4) is 0 Å². The van der Waals surface area contributed by atoms with E-state index in [1.807, 2.05) is 21.1 Å². The van der Waals surface area contributed by atoms with Crippen molar-refractivity contribution >= 4 is 7.60 Å². The van der Waals surface area contributed by atoms with Gasteiger partial charge in [0.25, 0.3) is 0 Å². The predicted molar refractivity (Wildman–Crippen MR) is 144 cm³/mol. The van der Waals surface area contributed by atoms with Crippen molar-refractivity contribution in [1.29, 1.82) is 0 Å². The van der Waals surface area contributed by atoms with E-state index in [2.05, 4.69) is 19.1 Å². The van der Waals surface area contributed by atoms with Crippen LogP contribution >= 0.6 is 7.60 Å². The molecule has 0 aromatic carbocycles. The lowest BCUT2D eigenvalue weighted by atomic mass is 10.0. The molecule has 0 aromatic heterocycles. The Labute approximate surface area is 210 Å². The first-order valence-electron chi connectivity index (χ1n) is 13.8. The average molecular weight is 507 g/mol. The van der Waals surface area contributed by atoms with E-state index in [4.69, 9.17) is 4.52 Å². The summed E-state index contributed by atoms with van der Waals surface area (Å²) >= 11 is 0. The average Bonchev–Trinajstić information content (AvgIpc) is 2.76. The van der Waals surface area contributed by atoms with Crippen molar-refractivity contribution in [3.05, 3.63) is 12.2 Å². The van der Waals surface area contributed by atoms with Crippen LogP contribution in [0.4, 0.5) is 0 Å². The van der Waals surface area contributed by atoms with Gasteiger partial charge in [-0.15, -0.1) is 0 Å². The van der Waals surface area contributed by atoms with Gasteiger partial charge < -0.3 is 19.6 Å². The van der Waals surface area contributed by atoms with Crippen LogP contribution in [0.15, 0.2) is 12.2 Å². The van der Waals surface area contributed by atoms with Crippen LogP contribution in [0.5, 0.6) is 0 Å². The van der Waals surface area contributed by atoms with Gasteiger partial charge in [-0.25, -0.2) is 0 Å². The summed E-state index contributed by atoms with van der Waals surface area (Å²) in [5, 5.41) is 20.4. The summed E-state index contributed by atoms with van der Waals surface area (Å²) in [5.74, 6) is -1.62. The lowest BCUT2D eigenvalue weighted by Crippen LogP contribution is -2.44. The van der Waals surface area contributed by atoms with E-state index >= 15 is 0 Å². The molecule has 0 aromatic rings. The molecule has 0 aliphatic rings. The lowest BCUT2D eigenvalue weighted by Gasteiger charge is -2.34. The van der Waals surface area contributed by atoms with Gasteiger partial charge in [0.1, 0.15) is 5.66 Å². The van der Waals surface area contributed by atoms with E-state index in [-0.39, 0.29) is 13.0 Å². The van der Waals surface area contributed by atoms with E-state index in [0.29, 0.717) is 10.9 Å². The summed E-state index contributed by atoms with van der Waals surface area (Å²) in [4.78, 5) is 10.4. The topological polar surface area (TPSA) is 87.0 Å². The third-order valence-electron chi connectivity index (χ3n) is 6.36. The molecular weight excluding hydrogens is 449 g/mol. The molecule has 34 heavy (non-hydrogen) atoms. The molecule has 204 valence electrons. The quantitative estimate of drug-likeness (QED) is 0.0467. The summed E-state index contributed by atoms with van der Waals surface area (Å²) < 4.78 is 18.6. The minimum Gasteiger partial charge on any atom is -0.395 e. The molecule has 0 heterocycles. The van der Waals surface area contributed by atoms with Gasteiger partial charge in [-0.3, -0.25) is 9.09 Å². The molecule has 0 spiro atoms. The fraction of sp³-hybridized carbons (Fsp3) is 0.926. The van der Waals surface area contributed by atoms with Crippen molar-refractivity contribution in [2.75, 3.05) is 34.3 Å². The zero-order valence-corrected chi connectivity index (χ0v) is 23.9. The highest BCUT2D eigenvalue weighted by Crippen LogP contribution is 2.52. The Morgan fingerprint density at radius 2 is 1.32 bits per heavy atom. The molecular formula is C27H57NO5P+. The van der Waals surface area contributed by atoms with Crippen LogP contribution in [0, 0.1) is 0 Å². The number of aliphatic hydroxyl groups is 2. The van der Waals surface area contributed by atoms with Crippen molar-refractivity contribution in [1.82, 2.24) is 0 Å². The highest BCUT2D eigenvalue weighted by atomic mass is 31.2. The molecule has 3 unspecified atom stereocenters. The Bertz CT molecular complexity index is 564. The molecule has 6 nitrogen and oxygen atoms in total. The summed E-state index contributed by atoms with van der Waals surface area (Å²) in [5.41, 5.74) is -0.912. The first-order chi connectivity index (χ1) is 16.0. The number of nitrogens with zero attached hydrogens (tertiary/aromatic N) is 1. The second-order valence-electron chi connectivity index (χ2n) is 11.0. The normalized spacial score (nSPS) is 17.1. The van der Waals surface area contributed by atoms with Gasteiger partial charge >= 0.3 is 7.60 Å². The lowest BCUT2D eigenvalue weighted by molar-refractivity contribution is -0.870. The predicted octanol–water partition coefficient (Wildman–Crippen LogP) is 6.78. The van der Waals surface area contributed by atoms with Crippen LogP contribution < -0.4 is 0 Å². The molecule has 0 saturated carbocycles. The number of aliphatic hydroxyl groups excluding tert-OH is 1. The van der Waals surface area contributed by atoms with Gasteiger partial charge in [-0.05, 0) is 38.5 Å². The highest BCUT2D eigenvalue weighted by Gasteiger charge is 2.42. The molecule has 0 saturated heterocycles. The molecule has 3 N–H and O–H groups in total. The largest absolute Gasteiger partial charge is 0.395 e. The van der Waals surface area contributed by atoms with Gasteiger partial charge in [0.05, 0.1) is 34.3 Å². The van der Waals surface area contributed by atoms with Crippen LogP contribution in [-0.4, -0.2) is 65.3 Å². The zero-order valence-electron chi connectivity index (χ0n) is 23.0. The smallest absolute Gasteiger partial charge is 0.341 e. The Hall–Kier alpha value is -0.230. The maximum Gasteiger partial charge on any atom is 0.341 e. The molecule has 0 rings (SSSR count). The molecule has 0 aliphatic carbocycles. The van der Waals surface area contributed by atoms with Crippen LogP contribution in [0.1, 0.15) is 117 Å². The maximum absolute atomic E-state index is 12.8. The van der Waals surface area contributed by atoms with Crippen molar-refractivity contribution in [3.63, 3.8) is 0 Å². The SMILES string of the molecule is CCCCCCCC/C=C\CCCCCCCCC(O)(CC)OP(=O)(O)C(CO)C[N+](C)(C)C. The van der Waals surface area contributed by atoms with E-state index in [1.54, 1.807) is 6.92 Å². The summed E-state index contributed by atoms with van der Waals surface area (Å²) in [7, 11) is 1.52. The molecule has 0 amide bonds. The summed E-state index contributed by atoms with van der Waals surface area (Å²) in [6.45, 7) is 3.86. The van der Waals surface area contributed by atoms with Gasteiger partial charge in [0.15, 0.2) is 5.79 Å². The minimum absolute atomic E-state index is 0.241. The summed E-state index contributed by atoms with van der Waals surface area (Å²) in [6.07, 6.45) is 22.1. The number of hydrogen-bond acceptors (Lipinski definition) is 4. The second kappa shape index (κ2) is 19.0. The first-order valence-corrected chi connectivity index (χ1v) is 15.5. The third-order valence-corrected chi connectivity index (χ3v) is 8.21. The van der Waals surface area contributed by atoms with Crippen molar-refractivity contribution in [3.8, 4) is 0 Å². The van der Waals surface area contributed by atoms with E-state index in [1.165, 1.54) is 64.2 Å². The summed E-state index contributed by atoms with van der Waals surface area (Å²) in [6, 6.07) is 0. The number of hydrogen-bond donors (Lipinski definition) is 3. The van der Waals surface area contributed by atoms with Gasteiger partial charge in [0, 0.05) is 6.42 Å². The number of quaternary nitrogens is 1. The minimum atomic E-state index is -4.15. The fourth-order valence-corrected chi connectivity index (χ4v) is 5.91.